The van der Waals surface area contributed by atoms with Crippen molar-refractivity contribution >= 4 is 15.9 Å². The molecule has 0 aromatic heterocycles. The Hall–Kier alpha value is -0.540. The SMILES string of the molecule is COc1ccc(Br)cc1CC1(C2CC2)CCCN1. The zero-order chi connectivity index (χ0) is 12.6. The zero-order valence-electron chi connectivity index (χ0n) is 10.8. The van der Waals surface area contributed by atoms with E-state index in [-0.39, 0.29) is 0 Å². The molecule has 18 heavy (non-hydrogen) atoms. The minimum absolute atomic E-state index is 0.341. The number of methoxy groups -OCH3 is 1. The molecule has 1 aliphatic heterocycles. The van der Waals surface area contributed by atoms with Crippen molar-refractivity contribution < 1.29 is 4.74 Å². The summed E-state index contributed by atoms with van der Waals surface area (Å²) in [6.45, 7) is 1.17. The largest absolute Gasteiger partial charge is 0.496 e. The van der Waals surface area contributed by atoms with E-state index in [1.54, 1.807) is 7.11 Å². The maximum Gasteiger partial charge on any atom is 0.122 e. The van der Waals surface area contributed by atoms with Gasteiger partial charge in [-0.1, -0.05) is 15.9 Å². The summed E-state index contributed by atoms with van der Waals surface area (Å²) in [4.78, 5) is 0. The van der Waals surface area contributed by atoms with Gasteiger partial charge in [0.1, 0.15) is 5.75 Å². The van der Waals surface area contributed by atoms with Gasteiger partial charge in [0.05, 0.1) is 7.11 Å². The highest BCUT2D eigenvalue weighted by molar-refractivity contribution is 9.10. The molecule has 3 rings (SSSR count). The predicted molar refractivity (Wildman–Crippen MR) is 77.1 cm³/mol. The van der Waals surface area contributed by atoms with Gasteiger partial charge in [-0.15, -0.1) is 0 Å². The van der Waals surface area contributed by atoms with Crippen molar-refractivity contribution in [1.29, 1.82) is 0 Å². The zero-order valence-corrected chi connectivity index (χ0v) is 12.4. The third-order valence-electron chi connectivity index (χ3n) is 4.38. The predicted octanol–water partition coefficient (Wildman–Crippen LogP) is 3.53. The molecule has 0 radical (unpaired) electrons. The van der Waals surface area contributed by atoms with Crippen molar-refractivity contribution in [2.24, 2.45) is 5.92 Å². The van der Waals surface area contributed by atoms with Gasteiger partial charge in [0.25, 0.3) is 0 Å². The first-order valence-electron chi connectivity index (χ1n) is 6.81. The standard InChI is InChI=1S/C15H20BrNO/c1-18-14-6-5-13(16)9-11(14)10-15(12-3-4-12)7-2-8-17-15/h5-6,9,12,17H,2-4,7-8,10H2,1H3. The lowest BCUT2D eigenvalue weighted by atomic mass is 9.84. The van der Waals surface area contributed by atoms with E-state index < -0.39 is 0 Å². The second kappa shape index (κ2) is 4.86. The number of nitrogens with one attached hydrogen (secondary N) is 1. The maximum atomic E-state index is 5.51. The van der Waals surface area contributed by atoms with Crippen LogP contribution in [0.4, 0.5) is 0 Å². The third-order valence-corrected chi connectivity index (χ3v) is 4.88. The molecule has 3 heteroatoms. The quantitative estimate of drug-likeness (QED) is 0.918. The van der Waals surface area contributed by atoms with Crippen LogP contribution in [0.15, 0.2) is 22.7 Å². The molecule has 2 fully saturated rings. The molecular formula is C15H20BrNO. The molecule has 1 N–H and O–H groups in total. The molecular weight excluding hydrogens is 290 g/mol. The number of rotatable bonds is 4. The van der Waals surface area contributed by atoms with Crippen molar-refractivity contribution in [1.82, 2.24) is 5.32 Å². The minimum atomic E-state index is 0.341. The van der Waals surface area contributed by atoms with Crippen LogP contribution in [0.25, 0.3) is 0 Å². The molecule has 1 unspecified atom stereocenters. The summed E-state index contributed by atoms with van der Waals surface area (Å²) in [6, 6.07) is 6.33. The van der Waals surface area contributed by atoms with Gasteiger partial charge in [0.2, 0.25) is 0 Å². The normalized spacial score (nSPS) is 27.4. The van der Waals surface area contributed by atoms with Crippen LogP contribution in [0, 0.1) is 5.92 Å². The Bertz CT molecular complexity index is 436. The average molecular weight is 310 g/mol. The summed E-state index contributed by atoms with van der Waals surface area (Å²) >= 11 is 3.57. The second-order valence-corrected chi connectivity index (χ2v) is 6.51. The smallest absolute Gasteiger partial charge is 0.122 e. The lowest BCUT2D eigenvalue weighted by Gasteiger charge is -2.30. The fraction of sp³-hybridized carbons (Fsp3) is 0.600. The number of hydrogen-bond donors (Lipinski definition) is 1. The Morgan fingerprint density at radius 2 is 2.28 bits per heavy atom. The van der Waals surface area contributed by atoms with Gasteiger partial charge < -0.3 is 10.1 Å². The summed E-state index contributed by atoms with van der Waals surface area (Å²) in [5.74, 6) is 1.90. The molecule has 0 amide bonds. The lowest BCUT2D eigenvalue weighted by Crippen LogP contribution is -2.44. The summed E-state index contributed by atoms with van der Waals surface area (Å²) in [7, 11) is 1.76. The first-order chi connectivity index (χ1) is 8.73. The molecule has 98 valence electrons. The molecule has 0 bridgehead atoms. The van der Waals surface area contributed by atoms with Crippen LogP contribution in [-0.4, -0.2) is 19.2 Å². The first-order valence-corrected chi connectivity index (χ1v) is 7.60. The monoisotopic (exact) mass is 309 g/mol. The molecule has 1 atom stereocenters. The highest BCUT2D eigenvalue weighted by atomic mass is 79.9. The van der Waals surface area contributed by atoms with E-state index in [1.807, 2.05) is 6.07 Å². The maximum absolute atomic E-state index is 5.51. The van der Waals surface area contributed by atoms with E-state index in [1.165, 1.54) is 37.8 Å². The number of halogens is 1. The van der Waals surface area contributed by atoms with Crippen LogP contribution in [-0.2, 0) is 6.42 Å². The van der Waals surface area contributed by atoms with Crippen molar-refractivity contribution in [3.63, 3.8) is 0 Å². The van der Waals surface area contributed by atoms with E-state index in [9.17, 15) is 0 Å². The molecule has 1 saturated carbocycles. The van der Waals surface area contributed by atoms with Crippen LogP contribution in [0.5, 0.6) is 5.75 Å². The van der Waals surface area contributed by atoms with Crippen LogP contribution in [0.3, 0.4) is 0 Å². The Morgan fingerprint density at radius 1 is 1.44 bits per heavy atom. The lowest BCUT2D eigenvalue weighted by molar-refractivity contribution is 0.316. The van der Waals surface area contributed by atoms with Gasteiger partial charge in [-0.3, -0.25) is 0 Å². The summed E-state index contributed by atoms with van der Waals surface area (Å²) in [5.41, 5.74) is 1.67. The molecule has 1 aromatic carbocycles. The van der Waals surface area contributed by atoms with E-state index in [4.69, 9.17) is 4.74 Å². The minimum Gasteiger partial charge on any atom is -0.496 e. The second-order valence-electron chi connectivity index (χ2n) is 5.59. The third kappa shape index (κ3) is 2.30. The van der Waals surface area contributed by atoms with Gasteiger partial charge in [0.15, 0.2) is 0 Å². The summed E-state index contributed by atoms with van der Waals surface area (Å²) < 4.78 is 6.65. The van der Waals surface area contributed by atoms with Crippen molar-refractivity contribution in [2.75, 3.05) is 13.7 Å². The molecule has 1 aliphatic carbocycles. The molecule has 2 aliphatic rings. The fourth-order valence-corrected chi connectivity index (χ4v) is 3.74. The molecule has 1 saturated heterocycles. The topological polar surface area (TPSA) is 21.3 Å². The Kier molecular flexibility index (Phi) is 3.37. The van der Waals surface area contributed by atoms with Crippen LogP contribution in [0.1, 0.15) is 31.2 Å². The van der Waals surface area contributed by atoms with Crippen molar-refractivity contribution in [3.05, 3.63) is 28.2 Å². The van der Waals surface area contributed by atoms with E-state index >= 15 is 0 Å². The van der Waals surface area contributed by atoms with Gasteiger partial charge >= 0.3 is 0 Å². The average Bonchev–Trinajstić information content (AvgIpc) is 3.12. The highest BCUT2D eigenvalue weighted by Gasteiger charge is 2.46. The number of hydrogen-bond acceptors (Lipinski definition) is 2. The molecule has 0 spiro atoms. The molecule has 2 nitrogen and oxygen atoms in total. The van der Waals surface area contributed by atoms with Gasteiger partial charge in [-0.2, -0.15) is 0 Å². The summed E-state index contributed by atoms with van der Waals surface area (Å²) in [5, 5.41) is 3.78. The van der Waals surface area contributed by atoms with Crippen molar-refractivity contribution in [3.8, 4) is 5.75 Å². The molecule has 1 heterocycles. The van der Waals surface area contributed by atoms with Crippen LogP contribution < -0.4 is 10.1 Å². The van der Waals surface area contributed by atoms with Gasteiger partial charge in [-0.05, 0) is 68.3 Å². The Balaban J connectivity index is 1.88. The Morgan fingerprint density at radius 3 is 2.89 bits per heavy atom. The van der Waals surface area contributed by atoms with Crippen LogP contribution in [0.2, 0.25) is 0 Å². The fourth-order valence-electron chi connectivity index (χ4n) is 3.33. The van der Waals surface area contributed by atoms with E-state index in [0.717, 1.165) is 22.6 Å². The van der Waals surface area contributed by atoms with Crippen LogP contribution >= 0.6 is 15.9 Å². The van der Waals surface area contributed by atoms with E-state index in [2.05, 4.69) is 33.4 Å². The first kappa shape index (κ1) is 12.5. The highest BCUT2D eigenvalue weighted by Crippen LogP contribution is 2.46. The van der Waals surface area contributed by atoms with Crippen molar-refractivity contribution in [2.45, 2.75) is 37.6 Å². The van der Waals surface area contributed by atoms with E-state index in [0.29, 0.717) is 5.54 Å². The number of ether oxygens (including phenoxy) is 1. The summed E-state index contributed by atoms with van der Waals surface area (Å²) in [6.07, 6.45) is 6.51. The Labute approximate surface area is 117 Å². The van der Waals surface area contributed by atoms with Gasteiger partial charge in [0, 0.05) is 10.0 Å². The van der Waals surface area contributed by atoms with Gasteiger partial charge in [-0.25, -0.2) is 0 Å². The molecule has 1 aromatic rings. The number of benzene rings is 1.